The number of thiophene rings is 1. The molecule has 0 saturated carbocycles. The molecular formula is C34H38N4O5S. The molecule has 0 aliphatic carbocycles. The van der Waals surface area contributed by atoms with Gasteiger partial charge >= 0.3 is 5.97 Å². The lowest BCUT2D eigenvalue weighted by molar-refractivity contribution is -0.138. The molecule has 0 saturated heterocycles. The van der Waals surface area contributed by atoms with E-state index in [9.17, 15) is 14.4 Å². The third-order valence-electron chi connectivity index (χ3n) is 6.88. The van der Waals surface area contributed by atoms with Crippen molar-refractivity contribution < 1.29 is 24.2 Å². The quantitative estimate of drug-likeness (QED) is 0.184. The maximum atomic E-state index is 13.1. The fraction of sp³-hybridized carbons (Fsp3) is 0.324. The maximum absolute atomic E-state index is 13.1. The number of nitrogens with one attached hydrogen (secondary N) is 2. The van der Waals surface area contributed by atoms with Crippen molar-refractivity contribution >= 4 is 29.1 Å². The number of aromatic nitrogens is 2. The second kappa shape index (κ2) is 14.3. The molecule has 230 valence electrons. The van der Waals surface area contributed by atoms with E-state index in [1.165, 1.54) is 11.3 Å². The lowest BCUT2D eigenvalue weighted by Gasteiger charge is -2.18. The zero-order valence-corrected chi connectivity index (χ0v) is 26.5. The molecule has 3 N–H and O–H groups in total. The molecule has 4 aromatic rings. The van der Waals surface area contributed by atoms with E-state index < -0.39 is 24.5 Å². The zero-order valence-electron chi connectivity index (χ0n) is 25.6. The summed E-state index contributed by atoms with van der Waals surface area (Å²) >= 11 is 1.37. The van der Waals surface area contributed by atoms with Crippen LogP contribution in [-0.2, 0) is 21.4 Å². The van der Waals surface area contributed by atoms with Gasteiger partial charge in [0.1, 0.15) is 18.3 Å². The topological polar surface area (TPSA) is 131 Å². The molecule has 2 amide bonds. The highest BCUT2D eigenvalue weighted by Gasteiger charge is 2.25. The van der Waals surface area contributed by atoms with Crippen LogP contribution in [0.25, 0.3) is 22.5 Å². The summed E-state index contributed by atoms with van der Waals surface area (Å²) in [5.74, 6) is -0.701. The van der Waals surface area contributed by atoms with E-state index in [0.717, 1.165) is 44.9 Å². The van der Waals surface area contributed by atoms with Crippen molar-refractivity contribution in [2.24, 2.45) is 0 Å². The third-order valence-corrected chi connectivity index (χ3v) is 8.39. The minimum Gasteiger partial charge on any atom is -0.493 e. The van der Waals surface area contributed by atoms with E-state index in [1.807, 2.05) is 49.4 Å². The van der Waals surface area contributed by atoms with Crippen molar-refractivity contribution in [2.75, 3.05) is 13.2 Å². The van der Waals surface area contributed by atoms with E-state index in [1.54, 1.807) is 18.5 Å². The number of rotatable bonds is 12. The largest absolute Gasteiger partial charge is 0.493 e. The average Bonchev–Trinajstić information content (AvgIpc) is 3.51. The first-order valence-corrected chi connectivity index (χ1v) is 15.3. The lowest BCUT2D eigenvalue weighted by Crippen LogP contribution is -2.49. The number of amides is 2. The molecule has 0 fully saturated rings. The Morgan fingerprint density at radius 2 is 1.64 bits per heavy atom. The minimum absolute atomic E-state index is 0.110. The number of carbonyl (C=O) groups excluding carboxylic acids is 2. The van der Waals surface area contributed by atoms with Crippen LogP contribution >= 0.6 is 11.3 Å². The van der Waals surface area contributed by atoms with Gasteiger partial charge in [-0.05, 0) is 59.7 Å². The highest BCUT2D eigenvalue weighted by Crippen LogP contribution is 2.30. The molecule has 0 aliphatic rings. The first-order chi connectivity index (χ1) is 20.9. The number of hydrogen-bond acceptors (Lipinski definition) is 7. The van der Waals surface area contributed by atoms with Gasteiger partial charge in [-0.2, -0.15) is 0 Å². The van der Waals surface area contributed by atoms with Crippen molar-refractivity contribution in [1.29, 1.82) is 0 Å². The average molecular weight is 615 g/mol. The van der Waals surface area contributed by atoms with Crippen molar-refractivity contribution in [1.82, 2.24) is 20.6 Å². The van der Waals surface area contributed by atoms with E-state index in [0.29, 0.717) is 17.3 Å². The number of hydrogen-bond donors (Lipinski definition) is 3. The van der Waals surface area contributed by atoms with Gasteiger partial charge in [0.25, 0.3) is 5.91 Å². The Hall–Kier alpha value is -4.57. The number of ether oxygens (including phenoxy) is 1. The summed E-state index contributed by atoms with van der Waals surface area (Å²) in [4.78, 5) is 47.6. The van der Waals surface area contributed by atoms with Crippen LogP contribution in [0.5, 0.6) is 5.75 Å². The Bertz CT molecular complexity index is 1610. The van der Waals surface area contributed by atoms with Gasteiger partial charge in [-0.25, -0.2) is 9.97 Å². The monoisotopic (exact) mass is 614 g/mol. The molecule has 2 aromatic heterocycles. The summed E-state index contributed by atoms with van der Waals surface area (Å²) < 4.78 is 5.78. The lowest BCUT2D eigenvalue weighted by atomic mass is 9.95. The van der Waals surface area contributed by atoms with Crippen LogP contribution in [0.4, 0.5) is 0 Å². The predicted octanol–water partition coefficient (Wildman–Crippen LogP) is 5.81. The van der Waals surface area contributed by atoms with Gasteiger partial charge in [-0.1, -0.05) is 58.0 Å². The number of carboxylic acids is 1. The highest BCUT2D eigenvalue weighted by atomic mass is 32.1. The van der Waals surface area contributed by atoms with E-state index in [-0.39, 0.29) is 17.7 Å². The Morgan fingerprint density at radius 3 is 2.23 bits per heavy atom. The smallest absolute Gasteiger partial charge is 0.322 e. The number of nitrogens with zero attached hydrogens (tertiary/aromatic N) is 2. The second-order valence-corrected chi connectivity index (χ2v) is 12.7. The normalized spacial score (nSPS) is 11.9. The van der Waals surface area contributed by atoms with Crippen LogP contribution < -0.4 is 15.4 Å². The van der Waals surface area contributed by atoms with E-state index >= 15 is 0 Å². The zero-order chi connectivity index (χ0) is 31.9. The summed E-state index contributed by atoms with van der Waals surface area (Å²) in [7, 11) is 0. The van der Waals surface area contributed by atoms with Crippen molar-refractivity contribution in [3.63, 3.8) is 0 Å². The molecule has 10 heteroatoms. The predicted molar refractivity (Wildman–Crippen MR) is 172 cm³/mol. The number of carbonyl (C=O) groups is 3. The third kappa shape index (κ3) is 8.50. The molecule has 1 unspecified atom stereocenters. The van der Waals surface area contributed by atoms with Gasteiger partial charge in [0, 0.05) is 34.8 Å². The first-order valence-electron chi connectivity index (χ1n) is 14.5. The Kier molecular flexibility index (Phi) is 10.5. The Morgan fingerprint density at radius 1 is 0.955 bits per heavy atom. The fourth-order valence-corrected chi connectivity index (χ4v) is 5.41. The molecule has 0 bridgehead atoms. The van der Waals surface area contributed by atoms with Crippen LogP contribution in [0.2, 0.25) is 0 Å². The molecule has 4 rings (SSSR count). The van der Waals surface area contributed by atoms with Crippen molar-refractivity contribution in [2.45, 2.75) is 58.9 Å². The summed E-state index contributed by atoms with van der Waals surface area (Å²) in [5, 5.41) is 14.2. The summed E-state index contributed by atoms with van der Waals surface area (Å²) in [6.07, 6.45) is 4.69. The summed E-state index contributed by atoms with van der Waals surface area (Å²) in [6, 6.07) is 16.1. The highest BCUT2D eigenvalue weighted by molar-refractivity contribution is 7.14. The number of carboxylic acid groups (broad SMARTS) is 1. The van der Waals surface area contributed by atoms with Crippen LogP contribution in [0.3, 0.4) is 0 Å². The van der Waals surface area contributed by atoms with Gasteiger partial charge in [-0.15, -0.1) is 11.3 Å². The van der Waals surface area contributed by atoms with Crippen LogP contribution in [0, 0.1) is 6.92 Å². The Balaban J connectivity index is 1.46. The molecule has 1 atom stereocenters. The molecule has 2 heterocycles. The van der Waals surface area contributed by atoms with Gasteiger partial charge in [0.05, 0.1) is 11.5 Å². The van der Waals surface area contributed by atoms with E-state index in [2.05, 4.69) is 54.4 Å². The molecular weight excluding hydrogens is 576 g/mol. The van der Waals surface area contributed by atoms with Gasteiger partial charge in [0.15, 0.2) is 5.82 Å². The molecule has 0 spiro atoms. The Labute approximate surface area is 261 Å². The minimum atomic E-state index is -1.17. The van der Waals surface area contributed by atoms with Gasteiger partial charge in [0.2, 0.25) is 5.91 Å². The van der Waals surface area contributed by atoms with Gasteiger partial charge < -0.3 is 20.5 Å². The number of benzene rings is 2. The van der Waals surface area contributed by atoms with Gasteiger partial charge in [-0.3, -0.25) is 14.4 Å². The van der Waals surface area contributed by atoms with Crippen molar-refractivity contribution in [3.8, 4) is 28.3 Å². The van der Waals surface area contributed by atoms with Crippen molar-refractivity contribution in [3.05, 3.63) is 87.9 Å². The van der Waals surface area contributed by atoms with Crippen LogP contribution in [0.1, 0.15) is 59.8 Å². The molecule has 0 radical (unpaired) electrons. The molecule has 44 heavy (non-hydrogen) atoms. The van der Waals surface area contributed by atoms with Crippen LogP contribution in [0.15, 0.2) is 67.0 Å². The first kappa shape index (κ1) is 32.3. The number of aliphatic carboxylic acids is 1. The maximum Gasteiger partial charge on any atom is 0.322 e. The molecule has 2 aromatic carbocycles. The van der Waals surface area contributed by atoms with E-state index in [4.69, 9.17) is 9.84 Å². The fourth-order valence-electron chi connectivity index (χ4n) is 4.44. The second-order valence-electron chi connectivity index (χ2n) is 11.6. The summed E-state index contributed by atoms with van der Waals surface area (Å²) in [5.41, 5.74) is 4.40. The summed E-state index contributed by atoms with van der Waals surface area (Å²) in [6.45, 7) is 10.4. The standard InChI is InChI=1S/C34H38N4O5S/c1-6-15-43-27-12-11-24(16-21(27)2)25-18-35-31(36-19-25)23-9-7-22(8-10-23)17-26(32(41)37-20-30(39)40)38-33(42)28-13-14-29(44-28)34(3,4)5/h7-14,16,18-19,26H,6,15,17,20H2,1-5H3,(H,37,41)(H,38,42)(H,39,40). The SMILES string of the molecule is CCCOc1ccc(-c2cnc(-c3ccc(CC(NC(=O)c4ccc(C(C)(C)C)s4)C(=O)NCC(=O)O)cc3)nc2)cc1C. The number of aryl methyl sites for hydroxylation is 1. The molecule has 0 aliphatic heterocycles. The molecule has 9 nitrogen and oxygen atoms in total. The van der Waals surface area contributed by atoms with Crippen LogP contribution in [-0.4, -0.2) is 52.1 Å².